The van der Waals surface area contributed by atoms with Gasteiger partial charge in [-0.15, -0.1) is 0 Å². The van der Waals surface area contributed by atoms with Crippen LogP contribution in [0.3, 0.4) is 0 Å². The summed E-state index contributed by atoms with van der Waals surface area (Å²) in [4.78, 5) is 31.8. The molecule has 0 aromatic heterocycles. The van der Waals surface area contributed by atoms with Gasteiger partial charge in [-0.3, -0.25) is 0 Å². The van der Waals surface area contributed by atoms with Gasteiger partial charge in [0.1, 0.15) is 0 Å². The molecular formula is C17H31N2O5Tl. The van der Waals surface area contributed by atoms with Gasteiger partial charge >= 0.3 is 167 Å². The molecule has 0 aliphatic carbocycles. The molecular weight excluding hydrogens is 517 g/mol. The van der Waals surface area contributed by atoms with Crippen LogP contribution < -0.4 is 5.73 Å². The predicted octanol–water partition coefficient (Wildman–Crippen LogP) is 0.793. The summed E-state index contributed by atoms with van der Waals surface area (Å²) in [5.74, 6) is -0.461. The van der Waals surface area contributed by atoms with Crippen molar-refractivity contribution < 1.29 is 22.4 Å². The maximum absolute atomic E-state index is 13.2. The minimum absolute atomic E-state index is 0.0427. The van der Waals surface area contributed by atoms with E-state index in [1.54, 1.807) is 18.7 Å². The summed E-state index contributed by atoms with van der Waals surface area (Å²) in [5.41, 5.74) is 3.06. The Labute approximate surface area is 166 Å². The predicted molar refractivity (Wildman–Crippen MR) is 94.0 cm³/mol. The molecule has 1 fully saturated rings. The Balaban J connectivity index is 3.01. The molecule has 1 aliphatic rings. The molecule has 0 bridgehead atoms. The monoisotopic (exact) mass is 548 g/mol. The Morgan fingerprint density at radius 3 is 2.12 bits per heavy atom. The normalized spacial score (nSPS) is 27.5. The first-order chi connectivity index (χ1) is 11.2. The molecule has 25 heavy (non-hydrogen) atoms. The van der Waals surface area contributed by atoms with E-state index in [1.165, 1.54) is 0 Å². The number of hydrogen-bond donors (Lipinski definition) is 2. The molecule has 0 spiro atoms. The SMILES string of the molecule is CC(C)(CC(C)(C)C(=O)N1CC(C)(CO)C(C)(CO[O][Tl])C1)C(N)=O. The average Bonchev–Trinajstić information content (AvgIpc) is 2.76. The Kier molecular flexibility index (Phi) is 7.08. The Morgan fingerprint density at radius 1 is 1.16 bits per heavy atom. The van der Waals surface area contributed by atoms with Crippen molar-refractivity contribution in [3.8, 4) is 0 Å². The summed E-state index contributed by atoms with van der Waals surface area (Å²) in [6.07, 6.45) is 0.360. The summed E-state index contributed by atoms with van der Waals surface area (Å²) in [5, 5.41) is 9.94. The van der Waals surface area contributed by atoms with Crippen LogP contribution in [-0.4, -0.2) is 74.3 Å². The number of likely N-dealkylation sites (tertiary alicyclic amines) is 1. The first-order valence-electron chi connectivity index (χ1n) is 8.43. The zero-order chi connectivity index (χ0) is 19.7. The van der Waals surface area contributed by atoms with E-state index in [0.29, 0.717) is 26.1 Å². The summed E-state index contributed by atoms with van der Waals surface area (Å²) in [7, 11) is 0. The fourth-order valence-corrected chi connectivity index (χ4v) is 4.01. The number of aliphatic hydroxyl groups excluding tert-OH is 1. The summed E-state index contributed by atoms with van der Waals surface area (Å²) >= 11 is 0.267. The molecule has 3 N–H and O–H groups in total. The van der Waals surface area contributed by atoms with Crippen molar-refractivity contribution in [3.05, 3.63) is 0 Å². The van der Waals surface area contributed by atoms with E-state index in [1.807, 2.05) is 27.7 Å². The van der Waals surface area contributed by atoms with Gasteiger partial charge in [0.05, 0.1) is 0 Å². The molecule has 1 aliphatic heterocycles. The van der Waals surface area contributed by atoms with Crippen molar-refractivity contribution in [3.63, 3.8) is 0 Å². The van der Waals surface area contributed by atoms with Gasteiger partial charge in [-0.05, 0) is 0 Å². The molecule has 2 atom stereocenters. The third-order valence-corrected chi connectivity index (χ3v) is 6.28. The molecule has 0 saturated carbocycles. The zero-order valence-electron chi connectivity index (χ0n) is 16.2. The first kappa shape index (κ1) is 22.8. The van der Waals surface area contributed by atoms with Gasteiger partial charge in [0, 0.05) is 0 Å². The van der Waals surface area contributed by atoms with Crippen molar-refractivity contribution in [2.75, 3.05) is 26.3 Å². The van der Waals surface area contributed by atoms with Crippen molar-refractivity contribution in [2.24, 2.45) is 27.4 Å². The van der Waals surface area contributed by atoms with E-state index < -0.39 is 27.6 Å². The second kappa shape index (κ2) is 7.77. The Bertz CT molecular complexity index is 525. The molecule has 1 heterocycles. The van der Waals surface area contributed by atoms with Crippen molar-refractivity contribution in [1.29, 1.82) is 0 Å². The standard InChI is InChI=1S/C17H32N2O5.Tl/c1-14(2,12(18)21)7-15(3,4)13(22)19-8-16(5,10-20)17(6,9-19)11-24-23;/h20,23H,7-11H2,1-6H3,(H2,18,21);/q;+1/p-1. The van der Waals surface area contributed by atoms with Gasteiger partial charge in [-0.1, -0.05) is 0 Å². The van der Waals surface area contributed by atoms with Crippen LogP contribution in [0.1, 0.15) is 48.0 Å². The van der Waals surface area contributed by atoms with Crippen LogP contribution in [0.25, 0.3) is 0 Å². The van der Waals surface area contributed by atoms with Crippen LogP contribution in [0.2, 0.25) is 0 Å². The average molecular weight is 548 g/mol. The van der Waals surface area contributed by atoms with Crippen LogP contribution in [0, 0.1) is 21.7 Å². The van der Waals surface area contributed by atoms with Gasteiger partial charge < -0.3 is 0 Å². The number of carbonyl (C=O) groups excluding carboxylic acids is 2. The van der Waals surface area contributed by atoms with Crippen LogP contribution in [0.4, 0.5) is 0 Å². The van der Waals surface area contributed by atoms with Crippen LogP contribution >= 0.6 is 0 Å². The summed E-state index contributed by atoms with van der Waals surface area (Å²) in [6.45, 7) is 12.3. The molecule has 2 amide bonds. The molecule has 8 heteroatoms. The number of aliphatic hydroxyl groups is 1. The fourth-order valence-electron chi connectivity index (χ4n) is 3.74. The molecule has 7 nitrogen and oxygen atoms in total. The van der Waals surface area contributed by atoms with E-state index in [-0.39, 0.29) is 38.7 Å². The second-order valence-corrected chi connectivity index (χ2v) is 9.86. The Hall–Kier alpha value is -0.258. The van der Waals surface area contributed by atoms with Gasteiger partial charge in [0.15, 0.2) is 0 Å². The molecule has 0 aromatic rings. The first-order valence-corrected chi connectivity index (χ1v) is 10.3. The summed E-state index contributed by atoms with van der Waals surface area (Å²) < 4.78 is 4.89. The number of primary amides is 1. The van der Waals surface area contributed by atoms with Gasteiger partial charge in [-0.2, -0.15) is 0 Å². The number of carbonyl (C=O) groups is 2. The van der Waals surface area contributed by atoms with E-state index in [9.17, 15) is 14.7 Å². The number of amides is 2. The topological polar surface area (TPSA) is 102 Å². The molecule has 0 aromatic carbocycles. The number of nitrogens with two attached hydrogens (primary N) is 1. The molecule has 1 saturated heterocycles. The van der Waals surface area contributed by atoms with Crippen LogP contribution in [-0.2, 0) is 17.3 Å². The summed E-state index contributed by atoms with van der Waals surface area (Å²) in [6, 6.07) is 0. The fraction of sp³-hybridized carbons (Fsp3) is 0.882. The Morgan fingerprint density at radius 2 is 1.68 bits per heavy atom. The van der Waals surface area contributed by atoms with Crippen molar-refractivity contribution in [2.45, 2.75) is 48.0 Å². The molecule has 142 valence electrons. The van der Waals surface area contributed by atoms with Gasteiger partial charge in [0.2, 0.25) is 0 Å². The number of nitrogens with zero attached hydrogens (tertiary/aromatic N) is 1. The second-order valence-electron chi connectivity index (χ2n) is 9.11. The number of rotatable bonds is 8. The quantitative estimate of drug-likeness (QED) is 0.266. The van der Waals surface area contributed by atoms with E-state index in [4.69, 9.17) is 13.5 Å². The van der Waals surface area contributed by atoms with Gasteiger partial charge in [-0.25, -0.2) is 0 Å². The van der Waals surface area contributed by atoms with Crippen LogP contribution in [0.5, 0.6) is 0 Å². The molecule has 1 rings (SSSR count). The molecule has 0 radical (unpaired) electrons. The van der Waals surface area contributed by atoms with Crippen molar-refractivity contribution in [1.82, 2.24) is 4.90 Å². The van der Waals surface area contributed by atoms with Crippen LogP contribution in [0.15, 0.2) is 0 Å². The van der Waals surface area contributed by atoms with E-state index in [0.717, 1.165) is 0 Å². The maximum atomic E-state index is 13.2. The third kappa shape index (κ3) is 4.72. The van der Waals surface area contributed by atoms with Crippen molar-refractivity contribution >= 4 is 38.0 Å². The molecule has 2 unspecified atom stereocenters. The zero-order valence-corrected chi connectivity index (χ0v) is 20.7. The van der Waals surface area contributed by atoms with Gasteiger partial charge in [0.25, 0.3) is 0 Å². The van der Waals surface area contributed by atoms with E-state index >= 15 is 0 Å². The number of hydrogen-bond acceptors (Lipinski definition) is 5. The third-order valence-electron chi connectivity index (χ3n) is 5.75. The minimum atomic E-state index is -0.771. The van der Waals surface area contributed by atoms with E-state index in [2.05, 4.69) is 0 Å².